The molecule has 6 nitrogen and oxygen atoms in total. The van der Waals surface area contributed by atoms with Crippen molar-refractivity contribution < 1.29 is 24.6 Å². The van der Waals surface area contributed by atoms with Crippen molar-refractivity contribution in [2.75, 3.05) is 5.75 Å². The first-order chi connectivity index (χ1) is 8.38. The van der Waals surface area contributed by atoms with Crippen LogP contribution in [0.25, 0.3) is 0 Å². The summed E-state index contributed by atoms with van der Waals surface area (Å²) in [7, 11) is 0. The van der Waals surface area contributed by atoms with Gasteiger partial charge in [0.25, 0.3) is 0 Å². The quantitative estimate of drug-likeness (QED) is 0.580. The van der Waals surface area contributed by atoms with Gasteiger partial charge in [0, 0.05) is 6.92 Å². The number of carboxylic acid groups (broad SMARTS) is 2. The van der Waals surface area contributed by atoms with Crippen LogP contribution in [0.3, 0.4) is 0 Å². The molecule has 0 aliphatic carbocycles. The molecular formula is C11H19NO5S. The van der Waals surface area contributed by atoms with Crippen LogP contribution in [0.15, 0.2) is 0 Å². The summed E-state index contributed by atoms with van der Waals surface area (Å²) in [6.45, 7) is 3.15. The molecule has 2 atom stereocenters. The summed E-state index contributed by atoms with van der Waals surface area (Å²) in [6.07, 6.45) is 1.53. The molecular weight excluding hydrogens is 258 g/mol. The second-order valence-electron chi connectivity index (χ2n) is 3.87. The van der Waals surface area contributed by atoms with Gasteiger partial charge in [-0.3, -0.25) is 9.59 Å². The molecule has 0 saturated heterocycles. The molecule has 0 aliphatic heterocycles. The summed E-state index contributed by atoms with van der Waals surface area (Å²) in [4.78, 5) is 32.5. The number of aliphatic carboxylic acids is 2. The lowest BCUT2D eigenvalue weighted by atomic mass is 10.2. The van der Waals surface area contributed by atoms with E-state index in [-0.39, 0.29) is 6.42 Å². The van der Waals surface area contributed by atoms with Crippen LogP contribution in [0.2, 0.25) is 0 Å². The van der Waals surface area contributed by atoms with E-state index in [2.05, 4.69) is 5.32 Å². The first kappa shape index (κ1) is 16.8. The molecule has 0 heterocycles. The van der Waals surface area contributed by atoms with Gasteiger partial charge in [-0.15, -0.1) is 11.8 Å². The molecule has 0 aromatic rings. The number of thioether (sulfide) groups is 1. The van der Waals surface area contributed by atoms with Gasteiger partial charge in [0.1, 0.15) is 11.3 Å². The van der Waals surface area contributed by atoms with Gasteiger partial charge in [-0.2, -0.15) is 0 Å². The Balaban J connectivity index is 4.14. The highest BCUT2D eigenvalue weighted by Crippen LogP contribution is 2.18. The minimum atomic E-state index is -1.10. The standard InChI is InChI=1S/C11H19NO5S/c1-3-4-9(11(16)17)18-6-5-8(10(14)15)12-7(2)13/h8-9H,3-6H2,1-2H3,(H,12,13)(H,14,15)(H,16,17). The predicted molar refractivity (Wildman–Crippen MR) is 68.6 cm³/mol. The zero-order chi connectivity index (χ0) is 14.1. The van der Waals surface area contributed by atoms with E-state index in [0.29, 0.717) is 12.2 Å². The minimum Gasteiger partial charge on any atom is -0.480 e. The average Bonchev–Trinajstić information content (AvgIpc) is 2.25. The van der Waals surface area contributed by atoms with Gasteiger partial charge in [0.05, 0.1) is 0 Å². The van der Waals surface area contributed by atoms with Gasteiger partial charge in [0.15, 0.2) is 0 Å². The van der Waals surface area contributed by atoms with Crippen molar-refractivity contribution >= 4 is 29.6 Å². The monoisotopic (exact) mass is 277 g/mol. The fourth-order valence-electron chi connectivity index (χ4n) is 1.37. The van der Waals surface area contributed by atoms with Crippen LogP contribution in [0.5, 0.6) is 0 Å². The van der Waals surface area contributed by atoms with E-state index in [1.165, 1.54) is 18.7 Å². The highest BCUT2D eigenvalue weighted by molar-refractivity contribution is 8.00. The highest BCUT2D eigenvalue weighted by Gasteiger charge is 2.21. The van der Waals surface area contributed by atoms with Crippen LogP contribution in [0, 0.1) is 0 Å². The Bertz CT molecular complexity index is 308. The molecule has 7 heteroatoms. The Morgan fingerprint density at radius 2 is 1.78 bits per heavy atom. The van der Waals surface area contributed by atoms with E-state index in [1.807, 2.05) is 6.92 Å². The molecule has 3 N–H and O–H groups in total. The predicted octanol–water partition coefficient (Wildman–Crippen LogP) is 0.952. The van der Waals surface area contributed by atoms with Gasteiger partial charge in [-0.25, -0.2) is 4.79 Å². The third kappa shape index (κ3) is 7.16. The second kappa shape index (κ2) is 8.79. The molecule has 0 saturated carbocycles. The summed E-state index contributed by atoms with van der Waals surface area (Å²) >= 11 is 1.21. The average molecular weight is 277 g/mol. The van der Waals surface area contributed by atoms with E-state index in [4.69, 9.17) is 10.2 Å². The maximum atomic E-state index is 10.9. The van der Waals surface area contributed by atoms with Gasteiger partial charge in [0.2, 0.25) is 5.91 Å². The van der Waals surface area contributed by atoms with Crippen LogP contribution in [-0.4, -0.2) is 45.1 Å². The Morgan fingerprint density at radius 3 is 2.17 bits per heavy atom. The van der Waals surface area contributed by atoms with Gasteiger partial charge in [-0.05, 0) is 18.6 Å². The maximum absolute atomic E-state index is 10.9. The number of nitrogens with one attached hydrogen (secondary N) is 1. The Hall–Kier alpha value is -1.24. The number of hydrogen-bond acceptors (Lipinski definition) is 4. The Morgan fingerprint density at radius 1 is 1.17 bits per heavy atom. The molecule has 0 aliphatic rings. The smallest absolute Gasteiger partial charge is 0.326 e. The van der Waals surface area contributed by atoms with Crippen molar-refractivity contribution in [3.63, 3.8) is 0 Å². The first-order valence-corrected chi connectivity index (χ1v) is 6.77. The fourth-order valence-corrected chi connectivity index (χ4v) is 2.57. The number of carbonyl (C=O) groups excluding carboxylic acids is 1. The van der Waals surface area contributed by atoms with Crippen LogP contribution < -0.4 is 5.32 Å². The van der Waals surface area contributed by atoms with E-state index in [1.54, 1.807) is 0 Å². The lowest BCUT2D eigenvalue weighted by Crippen LogP contribution is -2.40. The first-order valence-electron chi connectivity index (χ1n) is 5.72. The summed E-state index contributed by atoms with van der Waals surface area (Å²) in [5.74, 6) is -2.01. The van der Waals surface area contributed by atoms with E-state index >= 15 is 0 Å². The maximum Gasteiger partial charge on any atom is 0.326 e. The van der Waals surface area contributed by atoms with Crippen molar-refractivity contribution in [1.29, 1.82) is 0 Å². The molecule has 18 heavy (non-hydrogen) atoms. The molecule has 0 aromatic heterocycles. The topological polar surface area (TPSA) is 104 Å². The van der Waals surface area contributed by atoms with Gasteiger partial charge < -0.3 is 15.5 Å². The van der Waals surface area contributed by atoms with Gasteiger partial charge >= 0.3 is 11.9 Å². The third-order valence-electron chi connectivity index (χ3n) is 2.23. The molecule has 0 bridgehead atoms. The molecule has 0 radical (unpaired) electrons. The molecule has 0 rings (SSSR count). The molecule has 1 amide bonds. The zero-order valence-electron chi connectivity index (χ0n) is 10.5. The summed E-state index contributed by atoms with van der Waals surface area (Å²) in [5, 5.41) is 19.6. The van der Waals surface area contributed by atoms with Crippen LogP contribution in [0.1, 0.15) is 33.1 Å². The van der Waals surface area contributed by atoms with E-state index in [9.17, 15) is 14.4 Å². The molecule has 0 aromatic carbocycles. The lowest BCUT2D eigenvalue weighted by molar-refractivity contribution is -0.141. The van der Waals surface area contributed by atoms with Crippen molar-refractivity contribution in [3.05, 3.63) is 0 Å². The summed E-state index contributed by atoms with van der Waals surface area (Å²) < 4.78 is 0. The number of hydrogen-bond donors (Lipinski definition) is 3. The van der Waals surface area contributed by atoms with E-state index in [0.717, 1.165) is 6.42 Å². The van der Waals surface area contributed by atoms with Crippen molar-refractivity contribution in [2.45, 2.75) is 44.4 Å². The van der Waals surface area contributed by atoms with Crippen molar-refractivity contribution in [3.8, 4) is 0 Å². The van der Waals surface area contributed by atoms with E-state index < -0.39 is 29.1 Å². The van der Waals surface area contributed by atoms with Crippen molar-refractivity contribution in [2.24, 2.45) is 0 Å². The normalized spacial score (nSPS) is 13.7. The van der Waals surface area contributed by atoms with Gasteiger partial charge in [-0.1, -0.05) is 13.3 Å². The molecule has 104 valence electrons. The molecule has 0 fully saturated rings. The molecule has 0 spiro atoms. The molecule has 2 unspecified atom stereocenters. The number of amides is 1. The zero-order valence-corrected chi connectivity index (χ0v) is 11.3. The van der Waals surface area contributed by atoms with Crippen LogP contribution >= 0.6 is 11.8 Å². The number of carbonyl (C=O) groups is 3. The second-order valence-corrected chi connectivity index (χ2v) is 5.18. The SMILES string of the molecule is CCCC(SCCC(NC(C)=O)C(=O)O)C(=O)O. The van der Waals surface area contributed by atoms with Crippen molar-refractivity contribution in [1.82, 2.24) is 5.32 Å². The highest BCUT2D eigenvalue weighted by atomic mass is 32.2. The Kier molecular flexibility index (Phi) is 8.19. The third-order valence-corrected chi connectivity index (χ3v) is 3.54. The van der Waals surface area contributed by atoms with Crippen LogP contribution in [0.4, 0.5) is 0 Å². The number of rotatable bonds is 9. The summed E-state index contributed by atoms with van der Waals surface area (Å²) in [5.41, 5.74) is 0. The number of carboxylic acids is 2. The van der Waals surface area contributed by atoms with Crippen LogP contribution in [-0.2, 0) is 14.4 Å². The Labute approximate surface area is 110 Å². The summed E-state index contributed by atoms with van der Waals surface area (Å²) in [6, 6.07) is -0.953. The lowest BCUT2D eigenvalue weighted by Gasteiger charge is -2.15. The fraction of sp³-hybridized carbons (Fsp3) is 0.727. The minimum absolute atomic E-state index is 0.215. The largest absolute Gasteiger partial charge is 0.480 e.